The predicted octanol–water partition coefficient (Wildman–Crippen LogP) is 5.67. The molecule has 0 saturated heterocycles. The first-order valence-corrected chi connectivity index (χ1v) is 10.2. The first-order chi connectivity index (χ1) is 11.4. The van der Waals surface area contributed by atoms with Crippen molar-refractivity contribution in [2.75, 3.05) is 0 Å². The van der Waals surface area contributed by atoms with Gasteiger partial charge < -0.3 is 5.11 Å². The number of hydrogen-bond acceptors (Lipinski definition) is 1. The Bertz CT molecular complexity index is 612. The molecule has 0 aromatic heterocycles. The zero-order valence-corrected chi connectivity index (χ0v) is 15.9. The second kappa shape index (κ2) is 5.59. The molecule has 0 spiro atoms. The predicted molar refractivity (Wildman–Crippen MR) is 101 cm³/mol. The molecule has 0 aromatic rings. The molecule has 24 heavy (non-hydrogen) atoms. The van der Waals surface area contributed by atoms with Crippen molar-refractivity contribution in [2.45, 2.75) is 72.3 Å². The minimum Gasteiger partial charge on any atom is -0.389 e. The van der Waals surface area contributed by atoms with Gasteiger partial charge in [0.05, 0.1) is 6.10 Å². The lowest BCUT2D eigenvalue weighted by Gasteiger charge is -2.53. The van der Waals surface area contributed by atoms with Crippen molar-refractivity contribution in [3.8, 4) is 0 Å². The molecule has 132 valence electrons. The third-order valence-corrected chi connectivity index (χ3v) is 8.50. The Morgan fingerprint density at radius 1 is 1.17 bits per heavy atom. The van der Waals surface area contributed by atoms with Crippen LogP contribution in [0.3, 0.4) is 0 Å². The van der Waals surface area contributed by atoms with Gasteiger partial charge in [-0.15, -0.1) is 0 Å². The maximum Gasteiger partial charge on any atom is 0.0758 e. The smallest absolute Gasteiger partial charge is 0.0758 e. The van der Waals surface area contributed by atoms with Crippen LogP contribution >= 0.6 is 0 Å². The second-order valence-corrected chi connectivity index (χ2v) is 9.49. The average Bonchev–Trinajstić information content (AvgIpc) is 2.92. The van der Waals surface area contributed by atoms with Gasteiger partial charge in [-0.25, -0.2) is 0 Å². The fraction of sp³-hybridized carbons (Fsp3) is 0.739. The van der Waals surface area contributed by atoms with Crippen LogP contribution in [0.15, 0.2) is 35.5 Å². The fourth-order valence-corrected chi connectivity index (χ4v) is 6.85. The molecule has 0 aliphatic heterocycles. The Morgan fingerprint density at radius 3 is 2.71 bits per heavy atom. The number of allylic oxidation sites excluding steroid dienone is 4. The van der Waals surface area contributed by atoms with Crippen LogP contribution in [0.1, 0.15) is 66.2 Å². The topological polar surface area (TPSA) is 20.2 Å². The summed E-state index contributed by atoms with van der Waals surface area (Å²) in [5.74, 6) is 3.20. The Kier molecular flexibility index (Phi) is 3.88. The summed E-state index contributed by atoms with van der Waals surface area (Å²) in [7, 11) is 0. The summed E-state index contributed by atoms with van der Waals surface area (Å²) in [5.41, 5.74) is 3.85. The third kappa shape index (κ3) is 2.16. The van der Waals surface area contributed by atoms with Crippen molar-refractivity contribution in [1.82, 2.24) is 0 Å². The number of fused-ring (bicyclic) bond motifs is 5. The molecule has 0 amide bonds. The van der Waals surface area contributed by atoms with Gasteiger partial charge >= 0.3 is 0 Å². The zero-order chi connectivity index (χ0) is 17.1. The van der Waals surface area contributed by atoms with Crippen LogP contribution in [-0.4, -0.2) is 11.2 Å². The molecule has 4 unspecified atom stereocenters. The maximum atomic E-state index is 10.0. The van der Waals surface area contributed by atoms with E-state index in [2.05, 4.69) is 45.9 Å². The van der Waals surface area contributed by atoms with Gasteiger partial charge in [-0.1, -0.05) is 69.6 Å². The van der Waals surface area contributed by atoms with Crippen LogP contribution in [0.4, 0.5) is 0 Å². The molecule has 7 atom stereocenters. The van der Waals surface area contributed by atoms with E-state index in [1.165, 1.54) is 37.7 Å². The Morgan fingerprint density at radius 2 is 1.96 bits per heavy atom. The van der Waals surface area contributed by atoms with E-state index in [1.807, 2.05) is 6.08 Å². The Balaban J connectivity index is 1.70. The minimum atomic E-state index is -0.283. The summed E-state index contributed by atoms with van der Waals surface area (Å²) in [4.78, 5) is 0. The van der Waals surface area contributed by atoms with Gasteiger partial charge in [-0.2, -0.15) is 0 Å². The fourth-order valence-electron chi connectivity index (χ4n) is 6.85. The van der Waals surface area contributed by atoms with E-state index in [0.29, 0.717) is 11.3 Å². The Hall–Kier alpha value is -0.820. The van der Waals surface area contributed by atoms with Crippen molar-refractivity contribution in [3.63, 3.8) is 0 Å². The van der Waals surface area contributed by atoms with Crippen LogP contribution in [0.25, 0.3) is 0 Å². The van der Waals surface area contributed by atoms with Gasteiger partial charge in [0.25, 0.3) is 0 Å². The molecule has 0 bridgehead atoms. The highest BCUT2D eigenvalue weighted by atomic mass is 16.3. The average molecular weight is 327 g/mol. The van der Waals surface area contributed by atoms with Gasteiger partial charge in [-0.3, -0.25) is 0 Å². The van der Waals surface area contributed by atoms with Crippen molar-refractivity contribution in [1.29, 1.82) is 0 Å². The summed E-state index contributed by atoms with van der Waals surface area (Å²) in [5, 5.41) is 10.0. The molecule has 0 aromatic carbocycles. The highest BCUT2D eigenvalue weighted by Gasteiger charge is 2.56. The molecule has 2 fully saturated rings. The maximum absolute atomic E-state index is 10.0. The normalized spacial score (nSPS) is 48.0. The molecule has 1 nitrogen and oxygen atoms in total. The number of hydrogen-bond donors (Lipinski definition) is 1. The molecular weight excluding hydrogens is 292 g/mol. The zero-order valence-electron chi connectivity index (χ0n) is 15.9. The van der Waals surface area contributed by atoms with E-state index >= 15 is 0 Å². The van der Waals surface area contributed by atoms with Gasteiger partial charge in [0.1, 0.15) is 0 Å². The third-order valence-electron chi connectivity index (χ3n) is 8.50. The van der Waals surface area contributed by atoms with Crippen molar-refractivity contribution in [2.24, 2.45) is 34.5 Å². The lowest BCUT2D eigenvalue weighted by molar-refractivity contribution is 0.0613. The van der Waals surface area contributed by atoms with Crippen molar-refractivity contribution >= 4 is 0 Å². The molecular formula is C23H34O. The first-order valence-electron chi connectivity index (χ1n) is 10.2. The molecule has 1 N–H and O–H groups in total. The number of aliphatic hydroxyl groups excluding tert-OH is 1. The van der Waals surface area contributed by atoms with Crippen molar-refractivity contribution < 1.29 is 5.11 Å². The van der Waals surface area contributed by atoms with E-state index in [1.54, 1.807) is 5.57 Å². The summed E-state index contributed by atoms with van der Waals surface area (Å²) in [6.45, 7) is 9.86. The van der Waals surface area contributed by atoms with E-state index < -0.39 is 0 Å². The van der Waals surface area contributed by atoms with E-state index in [-0.39, 0.29) is 11.5 Å². The van der Waals surface area contributed by atoms with Gasteiger partial charge in [0.2, 0.25) is 0 Å². The molecule has 4 rings (SSSR count). The largest absolute Gasteiger partial charge is 0.389 e. The van der Waals surface area contributed by atoms with Crippen LogP contribution < -0.4 is 0 Å². The number of aliphatic hydroxyl groups is 1. The summed E-state index contributed by atoms with van der Waals surface area (Å²) >= 11 is 0. The molecule has 4 aliphatic rings. The highest BCUT2D eigenvalue weighted by Crippen LogP contribution is 2.65. The van der Waals surface area contributed by atoms with Crippen LogP contribution in [0, 0.1) is 34.5 Å². The lowest BCUT2D eigenvalue weighted by atomic mass is 9.51. The van der Waals surface area contributed by atoms with Gasteiger partial charge in [-0.05, 0) is 61.2 Å². The molecule has 2 saturated carbocycles. The monoisotopic (exact) mass is 326 g/mol. The van der Waals surface area contributed by atoms with E-state index in [9.17, 15) is 5.11 Å². The van der Waals surface area contributed by atoms with E-state index in [0.717, 1.165) is 24.2 Å². The van der Waals surface area contributed by atoms with Crippen LogP contribution in [0.5, 0.6) is 0 Å². The minimum absolute atomic E-state index is 0.152. The molecule has 1 heteroatoms. The summed E-state index contributed by atoms with van der Waals surface area (Å²) in [6, 6.07) is 0. The number of rotatable bonds is 2. The van der Waals surface area contributed by atoms with Crippen LogP contribution in [0.2, 0.25) is 0 Å². The standard InChI is InChI=1S/C23H34O/c1-5-15(2)19-8-9-20-18-7-6-16-14-17(24)10-12-22(16,3)21(18)11-13-23(19,20)4/h6-7,10,12,15,17,19-21,24H,5,8-9,11,13-14H2,1-4H3/t15?,17-,19?,20?,21?,22-,23+/m0/s1. The summed E-state index contributed by atoms with van der Waals surface area (Å²) in [6.07, 6.45) is 16.6. The highest BCUT2D eigenvalue weighted by molar-refractivity contribution is 5.42. The lowest BCUT2D eigenvalue weighted by Crippen LogP contribution is -2.45. The molecule has 0 radical (unpaired) electrons. The van der Waals surface area contributed by atoms with Crippen LogP contribution in [-0.2, 0) is 0 Å². The second-order valence-electron chi connectivity index (χ2n) is 9.49. The summed E-state index contributed by atoms with van der Waals surface area (Å²) < 4.78 is 0. The Labute approximate surface area is 147 Å². The quantitative estimate of drug-likeness (QED) is 0.648. The SMILES string of the molecule is CCC(C)C1CCC2C3=CC=C4C[C@@H](O)C=C[C@]4(C)C3CC[C@@]21C. The first kappa shape index (κ1) is 16.6. The molecule has 0 heterocycles. The molecule has 4 aliphatic carbocycles. The van der Waals surface area contributed by atoms with Gasteiger partial charge in [0.15, 0.2) is 0 Å². The van der Waals surface area contributed by atoms with Gasteiger partial charge in [0, 0.05) is 5.41 Å². The van der Waals surface area contributed by atoms with E-state index in [4.69, 9.17) is 0 Å². The van der Waals surface area contributed by atoms with Crippen molar-refractivity contribution in [3.05, 3.63) is 35.5 Å².